The van der Waals surface area contributed by atoms with E-state index in [2.05, 4.69) is 53.1 Å². The number of halogens is 3. The molecule has 0 aromatic heterocycles. The summed E-state index contributed by atoms with van der Waals surface area (Å²) in [6, 6.07) is 10.4. The fraction of sp³-hybridized carbons (Fsp3) is 0.235. The Morgan fingerprint density at radius 1 is 1.00 bits per heavy atom. The Kier molecular flexibility index (Phi) is 7.74. The molecule has 1 fully saturated rings. The van der Waals surface area contributed by atoms with Gasteiger partial charge in [0.25, 0.3) is 5.91 Å². The molecule has 2 aromatic carbocycles. The quantitative estimate of drug-likeness (QED) is 0.530. The first-order valence-electron chi connectivity index (χ1n) is 7.30. The van der Waals surface area contributed by atoms with Gasteiger partial charge in [-0.2, -0.15) is 0 Å². The molecule has 3 rings (SSSR count). The Hall–Kier alpha value is -0.890. The fourth-order valence-corrected chi connectivity index (χ4v) is 3.47. The first-order valence-corrected chi connectivity index (χ1v) is 9.68. The zero-order valence-corrected chi connectivity index (χ0v) is 17.4. The van der Waals surface area contributed by atoms with Crippen LogP contribution in [0.4, 0.5) is 5.69 Å². The highest BCUT2D eigenvalue weighted by atomic mass is 79.9. The number of carbonyl (C=O) groups is 1. The molecule has 24 heavy (non-hydrogen) atoms. The van der Waals surface area contributed by atoms with Gasteiger partial charge in [0.2, 0.25) is 0 Å². The molecule has 1 aliphatic rings. The van der Waals surface area contributed by atoms with Crippen molar-refractivity contribution in [3.8, 4) is 5.75 Å². The Morgan fingerprint density at radius 3 is 2.17 bits per heavy atom. The van der Waals surface area contributed by atoms with Crippen LogP contribution < -0.4 is 5.32 Å². The third kappa shape index (κ3) is 5.88. The Bertz CT molecular complexity index is 693. The topological polar surface area (TPSA) is 58.6 Å². The van der Waals surface area contributed by atoms with Crippen molar-refractivity contribution in [3.05, 3.63) is 55.4 Å². The zero-order valence-electron chi connectivity index (χ0n) is 12.7. The molecule has 0 aliphatic carbocycles. The molecular weight excluding hydrogens is 506 g/mol. The normalized spacial score (nSPS) is 13.1. The molecule has 0 unspecified atom stereocenters. The average Bonchev–Trinajstić information content (AvgIpc) is 3.12. The Labute approximate surface area is 166 Å². The lowest BCUT2D eigenvalue weighted by Crippen LogP contribution is -2.12. The fourth-order valence-electron chi connectivity index (χ4n) is 1.98. The van der Waals surface area contributed by atoms with E-state index in [4.69, 9.17) is 4.74 Å². The molecule has 1 amide bonds. The number of hydrogen-bond donors (Lipinski definition) is 2. The first kappa shape index (κ1) is 19.4. The van der Waals surface area contributed by atoms with E-state index in [9.17, 15) is 9.90 Å². The van der Waals surface area contributed by atoms with Crippen LogP contribution in [0.15, 0.2) is 49.8 Å². The van der Waals surface area contributed by atoms with Crippen LogP contribution in [0, 0.1) is 0 Å². The predicted octanol–water partition coefficient (Wildman–Crippen LogP) is 5.73. The van der Waals surface area contributed by atoms with E-state index in [1.54, 1.807) is 24.3 Å². The van der Waals surface area contributed by atoms with Gasteiger partial charge in [0.15, 0.2) is 0 Å². The number of amides is 1. The van der Waals surface area contributed by atoms with Crippen LogP contribution in [0.3, 0.4) is 0 Å². The van der Waals surface area contributed by atoms with E-state index in [0.29, 0.717) is 14.6 Å². The molecule has 0 bridgehead atoms. The molecule has 1 saturated heterocycles. The molecule has 0 atom stereocenters. The second kappa shape index (κ2) is 9.56. The smallest absolute Gasteiger partial charge is 0.259 e. The summed E-state index contributed by atoms with van der Waals surface area (Å²) in [6.45, 7) is 2.00. The van der Waals surface area contributed by atoms with Crippen molar-refractivity contribution in [2.24, 2.45) is 0 Å². The van der Waals surface area contributed by atoms with Crippen molar-refractivity contribution < 1.29 is 14.6 Å². The van der Waals surface area contributed by atoms with Gasteiger partial charge in [-0.1, -0.05) is 31.9 Å². The van der Waals surface area contributed by atoms with Crippen LogP contribution in [0.2, 0.25) is 0 Å². The molecule has 0 radical (unpaired) electrons. The molecule has 2 aromatic rings. The maximum absolute atomic E-state index is 12.1. The number of hydrogen-bond acceptors (Lipinski definition) is 3. The Morgan fingerprint density at radius 2 is 1.62 bits per heavy atom. The maximum atomic E-state index is 12.1. The molecule has 128 valence electrons. The van der Waals surface area contributed by atoms with Crippen molar-refractivity contribution in [1.82, 2.24) is 0 Å². The van der Waals surface area contributed by atoms with Gasteiger partial charge >= 0.3 is 0 Å². The molecule has 0 saturated carbocycles. The number of benzene rings is 2. The number of phenolic OH excluding ortho intramolecular Hbond substituents is 1. The monoisotopic (exact) mass is 519 g/mol. The van der Waals surface area contributed by atoms with E-state index < -0.39 is 0 Å². The van der Waals surface area contributed by atoms with Crippen molar-refractivity contribution in [1.29, 1.82) is 0 Å². The van der Waals surface area contributed by atoms with Crippen LogP contribution in [0.25, 0.3) is 0 Å². The minimum absolute atomic E-state index is 0.0854. The predicted molar refractivity (Wildman–Crippen MR) is 106 cm³/mol. The summed E-state index contributed by atoms with van der Waals surface area (Å²) < 4.78 is 7.04. The van der Waals surface area contributed by atoms with Gasteiger partial charge in [-0.05, 0) is 65.2 Å². The van der Waals surface area contributed by atoms with E-state index in [-0.39, 0.29) is 17.2 Å². The zero-order chi connectivity index (χ0) is 17.5. The summed E-state index contributed by atoms with van der Waals surface area (Å²) in [5.41, 5.74) is 0.855. The number of aromatic hydroxyl groups is 1. The lowest BCUT2D eigenvalue weighted by molar-refractivity contribution is 0.102. The molecule has 0 spiro atoms. The number of nitrogens with one attached hydrogen (secondary N) is 1. The van der Waals surface area contributed by atoms with Crippen LogP contribution in [0.5, 0.6) is 5.75 Å². The van der Waals surface area contributed by atoms with Gasteiger partial charge < -0.3 is 15.2 Å². The number of phenols is 1. The molecular formula is C17H16Br3NO3. The van der Waals surface area contributed by atoms with Crippen molar-refractivity contribution >= 4 is 59.4 Å². The second-order valence-electron chi connectivity index (χ2n) is 5.06. The summed E-state index contributed by atoms with van der Waals surface area (Å²) in [4.78, 5) is 12.1. The van der Waals surface area contributed by atoms with Crippen molar-refractivity contribution in [2.45, 2.75) is 12.8 Å². The standard InChI is InChI=1S/C13H8Br3NO2.C4H8O/c14-7-1-3-9(4-2-7)17-13(19)10-5-8(15)6-11(16)12(10)18;1-2-4-5-3-1/h1-6,18H,(H,17,19);1-4H2. The summed E-state index contributed by atoms with van der Waals surface area (Å²) in [5, 5.41) is 12.6. The van der Waals surface area contributed by atoms with Gasteiger partial charge in [0.1, 0.15) is 5.75 Å². The number of carbonyl (C=O) groups excluding carboxylic acids is 1. The lowest BCUT2D eigenvalue weighted by Gasteiger charge is -2.09. The highest BCUT2D eigenvalue weighted by molar-refractivity contribution is 9.11. The van der Waals surface area contributed by atoms with Gasteiger partial charge in [-0.15, -0.1) is 0 Å². The Balaban J connectivity index is 0.000000355. The summed E-state index contributed by atoms with van der Waals surface area (Å²) in [7, 11) is 0. The summed E-state index contributed by atoms with van der Waals surface area (Å²) in [6.07, 6.45) is 2.56. The second-order valence-corrected chi connectivity index (χ2v) is 7.75. The van der Waals surface area contributed by atoms with Crippen LogP contribution >= 0.6 is 47.8 Å². The highest BCUT2D eigenvalue weighted by Crippen LogP contribution is 2.32. The average molecular weight is 522 g/mol. The molecule has 1 heterocycles. The minimum Gasteiger partial charge on any atom is -0.506 e. The van der Waals surface area contributed by atoms with Gasteiger partial charge in [-0.25, -0.2) is 0 Å². The van der Waals surface area contributed by atoms with E-state index in [1.165, 1.54) is 12.8 Å². The van der Waals surface area contributed by atoms with Crippen molar-refractivity contribution in [3.63, 3.8) is 0 Å². The van der Waals surface area contributed by atoms with E-state index >= 15 is 0 Å². The largest absolute Gasteiger partial charge is 0.506 e. The van der Waals surface area contributed by atoms with Crippen LogP contribution in [-0.4, -0.2) is 24.2 Å². The highest BCUT2D eigenvalue weighted by Gasteiger charge is 2.15. The van der Waals surface area contributed by atoms with Crippen LogP contribution in [-0.2, 0) is 4.74 Å². The number of rotatable bonds is 2. The van der Waals surface area contributed by atoms with E-state index in [1.807, 2.05) is 12.1 Å². The number of anilines is 1. The van der Waals surface area contributed by atoms with Crippen molar-refractivity contribution in [2.75, 3.05) is 18.5 Å². The lowest BCUT2D eigenvalue weighted by atomic mass is 10.2. The van der Waals surface area contributed by atoms with Crippen LogP contribution in [0.1, 0.15) is 23.2 Å². The molecule has 7 heteroatoms. The maximum Gasteiger partial charge on any atom is 0.259 e. The number of ether oxygens (including phenoxy) is 1. The van der Waals surface area contributed by atoms with Gasteiger partial charge in [-0.3, -0.25) is 4.79 Å². The summed E-state index contributed by atoms with van der Waals surface area (Å²) >= 11 is 9.80. The third-order valence-electron chi connectivity index (χ3n) is 3.20. The third-order valence-corrected chi connectivity index (χ3v) is 4.79. The minimum atomic E-state index is -0.373. The molecule has 2 N–H and O–H groups in total. The molecule has 4 nitrogen and oxygen atoms in total. The van der Waals surface area contributed by atoms with E-state index in [0.717, 1.165) is 17.7 Å². The SMILES string of the molecule is C1CCOC1.O=C(Nc1ccc(Br)cc1)c1cc(Br)cc(Br)c1O. The first-order chi connectivity index (χ1) is 11.5. The van der Waals surface area contributed by atoms with Gasteiger partial charge in [0.05, 0.1) is 10.0 Å². The summed E-state index contributed by atoms with van der Waals surface area (Å²) in [5.74, 6) is -0.459. The molecule has 1 aliphatic heterocycles. The van der Waals surface area contributed by atoms with Gasteiger partial charge in [0, 0.05) is 27.8 Å².